The van der Waals surface area contributed by atoms with Crippen LogP contribution < -0.4 is 0 Å². The second-order valence-electron chi connectivity index (χ2n) is 2.11. The van der Waals surface area contributed by atoms with Crippen LogP contribution in [0.5, 0.6) is 0 Å². The van der Waals surface area contributed by atoms with Crippen molar-refractivity contribution in [2.45, 2.75) is 18.2 Å². The zero-order valence-electron chi connectivity index (χ0n) is 5.26. The molecule has 0 unspecified atom stereocenters. The van der Waals surface area contributed by atoms with E-state index in [1.54, 1.807) is 0 Å². The van der Waals surface area contributed by atoms with Crippen LogP contribution in [0.15, 0.2) is 0 Å². The zero-order valence-corrected chi connectivity index (χ0v) is 6.85. The first kappa shape index (κ1) is 7.06. The molecule has 0 spiro atoms. The highest BCUT2D eigenvalue weighted by Gasteiger charge is 2.42. The largest absolute Gasteiger partial charge is 0.466 e. The third-order valence-electron chi connectivity index (χ3n) is 1.30. The molecule has 1 saturated carbocycles. The fourth-order valence-corrected chi connectivity index (χ4v) is 1.28. The topological polar surface area (TPSA) is 26.3 Å². The summed E-state index contributed by atoms with van der Waals surface area (Å²) in [5, 5.41) is 0. The Labute approximate surface area is 62.7 Å². The molecule has 52 valence electrons. The van der Waals surface area contributed by atoms with E-state index in [0.717, 1.165) is 6.42 Å². The van der Waals surface area contributed by atoms with E-state index in [1.165, 1.54) is 0 Å². The Morgan fingerprint density at radius 3 is 2.78 bits per heavy atom. The average Bonchev–Trinajstić information content (AvgIpc) is 2.47. The van der Waals surface area contributed by atoms with Gasteiger partial charge in [-0.25, -0.2) is 0 Å². The summed E-state index contributed by atoms with van der Waals surface area (Å²) >= 11 is 3.32. The van der Waals surface area contributed by atoms with E-state index in [-0.39, 0.29) is 11.9 Å². The fraction of sp³-hybridized carbons (Fsp3) is 0.833. The molecule has 0 aromatic carbocycles. The van der Waals surface area contributed by atoms with E-state index >= 15 is 0 Å². The lowest BCUT2D eigenvalue weighted by molar-refractivity contribution is -0.144. The lowest BCUT2D eigenvalue weighted by Crippen LogP contribution is -2.07. The maximum atomic E-state index is 10.8. The van der Waals surface area contributed by atoms with Crippen LogP contribution in [0.25, 0.3) is 0 Å². The number of halogens is 1. The number of hydrogen-bond acceptors (Lipinski definition) is 2. The van der Waals surface area contributed by atoms with E-state index < -0.39 is 0 Å². The summed E-state index contributed by atoms with van der Waals surface area (Å²) in [6.07, 6.45) is 0.943. The molecule has 1 aliphatic rings. The molecule has 0 aromatic heterocycles. The van der Waals surface area contributed by atoms with Crippen molar-refractivity contribution in [2.75, 3.05) is 6.61 Å². The minimum Gasteiger partial charge on any atom is -0.466 e. The number of alkyl halides is 1. The lowest BCUT2D eigenvalue weighted by Gasteiger charge is -1.96. The van der Waals surface area contributed by atoms with Crippen molar-refractivity contribution >= 4 is 21.9 Å². The van der Waals surface area contributed by atoms with Gasteiger partial charge in [0.25, 0.3) is 0 Å². The predicted octanol–water partition coefficient (Wildman–Crippen LogP) is 1.33. The Balaban J connectivity index is 2.20. The summed E-state index contributed by atoms with van der Waals surface area (Å²) in [5.74, 6) is 0.0873. The molecular formula is C6H9BrO2. The van der Waals surface area contributed by atoms with Gasteiger partial charge in [0, 0.05) is 4.83 Å². The SMILES string of the molecule is CCOC(=O)[C@@H]1C[C@H]1Br. The van der Waals surface area contributed by atoms with Gasteiger partial charge < -0.3 is 4.74 Å². The molecule has 0 N–H and O–H groups in total. The molecule has 1 aliphatic carbocycles. The minimum atomic E-state index is -0.0561. The molecule has 0 aliphatic heterocycles. The molecule has 1 fully saturated rings. The second kappa shape index (κ2) is 2.69. The molecule has 1 rings (SSSR count). The first-order valence-electron chi connectivity index (χ1n) is 3.06. The van der Waals surface area contributed by atoms with Crippen LogP contribution in [-0.4, -0.2) is 17.4 Å². The first-order chi connectivity index (χ1) is 4.25. The highest BCUT2D eigenvalue weighted by Crippen LogP contribution is 2.38. The van der Waals surface area contributed by atoms with Crippen molar-refractivity contribution < 1.29 is 9.53 Å². The highest BCUT2D eigenvalue weighted by atomic mass is 79.9. The molecule has 2 nitrogen and oxygen atoms in total. The first-order valence-corrected chi connectivity index (χ1v) is 3.98. The molecule has 9 heavy (non-hydrogen) atoms. The molecular weight excluding hydrogens is 184 g/mol. The van der Waals surface area contributed by atoms with Gasteiger partial charge in [0.1, 0.15) is 0 Å². The molecule has 0 saturated heterocycles. The molecule has 0 aromatic rings. The number of rotatable bonds is 2. The van der Waals surface area contributed by atoms with E-state index in [0.29, 0.717) is 11.4 Å². The van der Waals surface area contributed by atoms with Gasteiger partial charge in [-0.3, -0.25) is 4.79 Å². The van der Waals surface area contributed by atoms with Crippen LogP contribution in [0.1, 0.15) is 13.3 Å². The van der Waals surface area contributed by atoms with Crippen molar-refractivity contribution in [1.82, 2.24) is 0 Å². The summed E-state index contributed by atoms with van der Waals surface area (Å²) in [5.41, 5.74) is 0. The number of esters is 1. The quantitative estimate of drug-likeness (QED) is 0.488. The second-order valence-corrected chi connectivity index (χ2v) is 3.29. The Morgan fingerprint density at radius 2 is 2.44 bits per heavy atom. The molecule has 3 heteroatoms. The van der Waals surface area contributed by atoms with Crippen LogP contribution in [0.2, 0.25) is 0 Å². The van der Waals surface area contributed by atoms with E-state index in [2.05, 4.69) is 15.9 Å². The van der Waals surface area contributed by atoms with Crippen molar-refractivity contribution in [3.63, 3.8) is 0 Å². The van der Waals surface area contributed by atoms with Crippen molar-refractivity contribution in [2.24, 2.45) is 5.92 Å². The van der Waals surface area contributed by atoms with Crippen molar-refractivity contribution in [1.29, 1.82) is 0 Å². The molecule has 2 atom stereocenters. The zero-order chi connectivity index (χ0) is 6.85. The summed E-state index contributed by atoms with van der Waals surface area (Å²) in [6.45, 7) is 2.32. The maximum absolute atomic E-state index is 10.8. The van der Waals surface area contributed by atoms with E-state index in [1.807, 2.05) is 6.92 Å². The third-order valence-corrected chi connectivity index (χ3v) is 2.31. The summed E-state index contributed by atoms with van der Waals surface area (Å²) in [4.78, 5) is 11.1. The smallest absolute Gasteiger partial charge is 0.310 e. The van der Waals surface area contributed by atoms with Gasteiger partial charge in [0.15, 0.2) is 0 Å². The van der Waals surface area contributed by atoms with E-state index in [4.69, 9.17) is 4.74 Å². The summed E-state index contributed by atoms with van der Waals surface area (Å²) in [6, 6.07) is 0. The monoisotopic (exact) mass is 192 g/mol. The van der Waals surface area contributed by atoms with Crippen molar-refractivity contribution in [3.05, 3.63) is 0 Å². The molecule has 0 heterocycles. The molecule has 0 bridgehead atoms. The number of hydrogen-bond donors (Lipinski definition) is 0. The van der Waals surface area contributed by atoms with Gasteiger partial charge in [-0.15, -0.1) is 0 Å². The van der Waals surface area contributed by atoms with Crippen LogP contribution in [0.4, 0.5) is 0 Å². The normalized spacial score (nSPS) is 31.8. The Morgan fingerprint density at radius 1 is 1.89 bits per heavy atom. The van der Waals surface area contributed by atoms with Crippen LogP contribution in [0, 0.1) is 5.92 Å². The maximum Gasteiger partial charge on any atom is 0.310 e. The van der Waals surface area contributed by atoms with Gasteiger partial charge in [-0.2, -0.15) is 0 Å². The highest BCUT2D eigenvalue weighted by molar-refractivity contribution is 9.09. The third kappa shape index (κ3) is 1.68. The average molecular weight is 193 g/mol. The Hall–Kier alpha value is -0.0500. The Bertz CT molecular complexity index is 124. The van der Waals surface area contributed by atoms with Gasteiger partial charge >= 0.3 is 5.97 Å². The van der Waals surface area contributed by atoms with Gasteiger partial charge in [-0.1, -0.05) is 15.9 Å². The van der Waals surface area contributed by atoms with Crippen LogP contribution >= 0.6 is 15.9 Å². The predicted molar refractivity (Wildman–Crippen MR) is 37.5 cm³/mol. The van der Waals surface area contributed by atoms with Crippen molar-refractivity contribution in [3.8, 4) is 0 Å². The van der Waals surface area contributed by atoms with Crippen LogP contribution in [0.3, 0.4) is 0 Å². The summed E-state index contributed by atoms with van der Waals surface area (Å²) in [7, 11) is 0. The molecule has 0 amide bonds. The lowest BCUT2D eigenvalue weighted by atomic mass is 10.4. The number of carbonyl (C=O) groups excluding carboxylic acids is 1. The van der Waals surface area contributed by atoms with Gasteiger partial charge in [0.05, 0.1) is 12.5 Å². The number of carbonyl (C=O) groups is 1. The van der Waals surface area contributed by atoms with Gasteiger partial charge in [0.2, 0.25) is 0 Å². The summed E-state index contributed by atoms with van der Waals surface area (Å²) < 4.78 is 4.77. The van der Waals surface area contributed by atoms with Gasteiger partial charge in [-0.05, 0) is 13.3 Å². The fourth-order valence-electron chi connectivity index (χ4n) is 0.657. The standard InChI is InChI=1S/C6H9BrO2/c1-2-9-6(8)4-3-5(4)7/h4-5H,2-3H2,1H3/t4-,5-/m1/s1. The number of ether oxygens (including phenoxy) is 1. The van der Waals surface area contributed by atoms with Crippen LogP contribution in [-0.2, 0) is 9.53 Å². The minimum absolute atomic E-state index is 0.0561. The molecule has 0 radical (unpaired) electrons. The Kier molecular flexibility index (Phi) is 2.11. The van der Waals surface area contributed by atoms with E-state index in [9.17, 15) is 4.79 Å².